The smallest absolute Gasteiger partial charge is 0.307 e. The van der Waals surface area contributed by atoms with E-state index in [4.69, 9.17) is 16.0 Å². The Hall–Kier alpha value is -1.85. The molecule has 24 heavy (non-hydrogen) atoms. The average molecular weight is 346 g/mol. The molecular formula is C18H20ClN3O2. The SMILES string of the molecule is CC1C(NC(=O)c2ncc(-c3ccccc3Cl)o2)C2CCN1CC2. The Kier molecular flexibility index (Phi) is 4.06. The highest BCUT2D eigenvalue weighted by Crippen LogP contribution is 2.32. The molecule has 3 aliphatic rings. The van der Waals surface area contributed by atoms with Crippen molar-refractivity contribution in [2.75, 3.05) is 13.1 Å². The molecule has 0 saturated carbocycles. The molecule has 3 aliphatic heterocycles. The highest BCUT2D eigenvalue weighted by atomic mass is 35.5. The summed E-state index contributed by atoms with van der Waals surface area (Å²) < 4.78 is 5.65. The highest BCUT2D eigenvalue weighted by molar-refractivity contribution is 6.33. The number of carbonyl (C=O) groups excluding carboxylic acids is 1. The lowest BCUT2D eigenvalue weighted by molar-refractivity contribution is 0.0210. The summed E-state index contributed by atoms with van der Waals surface area (Å²) in [6, 6.07) is 7.88. The number of hydrogen-bond donors (Lipinski definition) is 1. The highest BCUT2D eigenvalue weighted by Gasteiger charge is 2.40. The van der Waals surface area contributed by atoms with Crippen LogP contribution >= 0.6 is 11.6 Å². The van der Waals surface area contributed by atoms with E-state index in [0.29, 0.717) is 22.7 Å². The lowest BCUT2D eigenvalue weighted by atomic mass is 9.79. The number of oxazole rings is 1. The summed E-state index contributed by atoms with van der Waals surface area (Å²) in [6.07, 6.45) is 3.84. The van der Waals surface area contributed by atoms with E-state index < -0.39 is 0 Å². The Morgan fingerprint density at radius 1 is 1.33 bits per heavy atom. The second-order valence-electron chi connectivity index (χ2n) is 6.62. The summed E-state index contributed by atoms with van der Waals surface area (Å²) >= 11 is 6.17. The van der Waals surface area contributed by atoms with Gasteiger partial charge in [-0.15, -0.1) is 0 Å². The molecule has 0 spiro atoms. The third kappa shape index (κ3) is 2.72. The molecule has 0 aliphatic carbocycles. The minimum Gasteiger partial charge on any atom is -0.432 e. The molecule has 5 nitrogen and oxygen atoms in total. The largest absolute Gasteiger partial charge is 0.432 e. The predicted octanol–water partition coefficient (Wildman–Crippen LogP) is 3.21. The second-order valence-corrected chi connectivity index (χ2v) is 7.03. The van der Waals surface area contributed by atoms with Crippen LogP contribution < -0.4 is 5.32 Å². The lowest BCUT2D eigenvalue weighted by Gasteiger charge is -2.49. The molecule has 1 N–H and O–H groups in total. The van der Waals surface area contributed by atoms with Gasteiger partial charge in [0, 0.05) is 17.6 Å². The molecule has 2 atom stereocenters. The van der Waals surface area contributed by atoms with Crippen LogP contribution in [0.3, 0.4) is 0 Å². The number of amides is 1. The number of nitrogens with one attached hydrogen (secondary N) is 1. The van der Waals surface area contributed by atoms with Crippen LogP contribution in [0.2, 0.25) is 5.02 Å². The Labute approximate surface area is 146 Å². The van der Waals surface area contributed by atoms with E-state index in [-0.39, 0.29) is 17.8 Å². The maximum Gasteiger partial charge on any atom is 0.307 e. The number of fused-ring (bicyclic) bond motifs is 3. The van der Waals surface area contributed by atoms with Crippen molar-refractivity contribution in [1.29, 1.82) is 0 Å². The molecule has 3 saturated heterocycles. The average Bonchev–Trinajstić information content (AvgIpc) is 3.09. The summed E-state index contributed by atoms with van der Waals surface area (Å²) in [4.78, 5) is 19.1. The maximum absolute atomic E-state index is 12.5. The molecular weight excluding hydrogens is 326 g/mol. The first-order valence-electron chi connectivity index (χ1n) is 8.39. The van der Waals surface area contributed by atoms with Gasteiger partial charge in [-0.05, 0) is 50.9 Å². The predicted molar refractivity (Wildman–Crippen MR) is 92.0 cm³/mol. The van der Waals surface area contributed by atoms with Crippen molar-refractivity contribution >= 4 is 17.5 Å². The number of rotatable bonds is 3. The minimum absolute atomic E-state index is 0.0913. The maximum atomic E-state index is 12.5. The number of carbonyl (C=O) groups is 1. The van der Waals surface area contributed by atoms with Gasteiger partial charge in [0.15, 0.2) is 5.76 Å². The van der Waals surface area contributed by atoms with Crippen LogP contribution in [-0.4, -0.2) is 41.0 Å². The van der Waals surface area contributed by atoms with Crippen LogP contribution in [0.25, 0.3) is 11.3 Å². The number of halogens is 1. The number of nitrogens with zero attached hydrogens (tertiary/aromatic N) is 2. The molecule has 4 heterocycles. The molecule has 126 valence electrons. The van der Waals surface area contributed by atoms with Gasteiger partial charge in [-0.25, -0.2) is 4.98 Å². The number of piperidine rings is 3. The van der Waals surface area contributed by atoms with Crippen molar-refractivity contribution < 1.29 is 9.21 Å². The first-order chi connectivity index (χ1) is 11.6. The van der Waals surface area contributed by atoms with Crippen LogP contribution in [0.5, 0.6) is 0 Å². The molecule has 3 fully saturated rings. The van der Waals surface area contributed by atoms with Gasteiger partial charge < -0.3 is 9.73 Å². The zero-order chi connectivity index (χ0) is 16.7. The molecule has 2 unspecified atom stereocenters. The Morgan fingerprint density at radius 2 is 2.08 bits per heavy atom. The molecule has 1 amide bonds. The van der Waals surface area contributed by atoms with Gasteiger partial charge in [-0.2, -0.15) is 0 Å². The van der Waals surface area contributed by atoms with Crippen molar-refractivity contribution in [3.8, 4) is 11.3 Å². The summed E-state index contributed by atoms with van der Waals surface area (Å²) in [5.74, 6) is 0.895. The lowest BCUT2D eigenvalue weighted by Crippen LogP contribution is -2.62. The standard InChI is InChI=1S/C18H20ClN3O2/c1-11-16(12-6-8-22(11)9-7-12)21-17(23)18-20-10-15(24-18)13-4-2-3-5-14(13)19/h2-5,10-12,16H,6-9H2,1H3,(H,21,23). The first kappa shape index (κ1) is 15.7. The molecule has 2 bridgehead atoms. The van der Waals surface area contributed by atoms with E-state index in [2.05, 4.69) is 22.1 Å². The zero-order valence-electron chi connectivity index (χ0n) is 13.5. The van der Waals surface area contributed by atoms with Gasteiger partial charge in [0.2, 0.25) is 0 Å². The van der Waals surface area contributed by atoms with Crippen LogP contribution in [-0.2, 0) is 0 Å². The second kappa shape index (κ2) is 6.22. The van der Waals surface area contributed by atoms with Gasteiger partial charge >= 0.3 is 5.91 Å². The monoisotopic (exact) mass is 345 g/mol. The fourth-order valence-corrected chi connectivity index (χ4v) is 4.15. The molecule has 6 heteroatoms. The fourth-order valence-electron chi connectivity index (χ4n) is 3.92. The van der Waals surface area contributed by atoms with Crippen LogP contribution in [0.1, 0.15) is 30.5 Å². The molecule has 1 aromatic carbocycles. The van der Waals surface area contributed by atoms with Crippen LogP contribution in [0.4, 0.5) is 0 Å². The fraction of sp³-hybridized carbons (Fsp3) is 0.444. The van der Waals surface area contributed by atoms with Crippen molar-refractivity contribution in [1.82, 2.24) is 15.2 Å². The molecule has 5 rings (SSSR count). The van der Waals surface area contributed by atoms with Crippen molar-refractivity contribution in [2.45, 2.75) is 31.8 Å². The number of benzene rings is 1. The third-order valence-electron chi connectivity index (χ3n) is 5.31. The summed E-state index contributed by atoms with van der Waals surface area (Å²) in [5, 5.41) is 3.70. The first-order valence-corrected chi connectivity index (χ1v) is 8.77. The van der Waals surface area contributed by atoms with Gasteiger partial charge in [-0.1, -0.05) is 23.7 Å². The molecule has 0 radical (unpaired) electrons. The normalized spacial score (nSPS) is 28.8. The van der Waals surface area contributed by atoms with E-state index in [9.17, 15) is 4.79 Å². The topological polar surface area (TPSA) is 58.4 Å². The van der Waals surface area contributed by atoms with E-state index in [1.807, 2.05) is 18.2 Å². The third-order valence-corrected chi connectivity index (χ3v) is 5.64. The summed E-state index contributed by atoms with van der Waals surface area (Å²) in [6.45, 7) is 4.45. The van der Waals surface area contributed by atoms with Crippen LogP contribution in [0.15, 0.2) is 34.9 Å². The Morgan fingerprint density at radius 3 is 2.79 bits per heavy atom. The Balaban J connectivity index is 1.51. The van der Waals surface area contributed by atoms with Crippen molar-refractivity contribution in [3.63, 3.8) is 0 Å². The summed E-state index contributed by atoms with van der Waals surface area (Å²) in [5.41, 5.74) is 0.738. The van der Waals surface area contributed by atoms with E-state index in [1.54, 1.807) is 12.3 Å². The number of aromatic nitrogens is 1. The zero-order valence-corrected chi connectivity index (χ0v) is 14.3. The van der Waals surface area contributed by atoms with Gasteiger partial charge in [0.1, 0.15) is 0 Å². The van der Waals surface area contributed by atoms with E-state index >= 15 is 0 Å². The van der Waals surface area contributed by atoms with Crippen molar-refractivity contribution in [3.05, 3.63) is 41.4 Å². The molecule has 1 aromatic heterocycles. The Bertz CT molecular complexity index is 750. The van der Waals surface area contributed by atoms with Gasteiger partial charge in [0.25, 0.3) is 5.89 Å². The molecule has 2 aromatic rings. The number of hydrogen-bond acceptors (Lipinski definition) is 4. The minimum atomic E-state index is -0.251. The van der Waals surface area contributed by atoms with Crippen LogP contribution in [0, 0.1) is 5.92 Å². The van der Waals surface area contributed by atoms with Crippen molar-refractivity contribution in [2.24, 2.45) is 5.92 Å². The summed E-state index contributed by atoms with van der Waals surface area (Å²) in [7, 11) is 0. The quantitative estimate of drug-likeness (QED) is 0.928. The van der Waals surface area contributed by atoms with Gasteiger partial charge in [-0.3, -0.25) is 9.69 Å². The van der Waals surface area contributed by atoms with E-state index in [0.717, 1.165) is 31.5 Å². The van der Waals surface area contributed by atoms with E-state index in [1.165, 1.54) is 0 Å². The van der Waals surface area contributed by atoms with Gasteiger partial charge in [0.05, 0.1) is 11.2 Å².